The van der Waals surface area contributed by atoms with E-state index in [9.17, 15) is 0 Å². The predicted octanol–water partition coefficient (Wildman–Crippen LogP) is 3.10. The summed E-state index contributed by atoms with van der Waals surface area (Å²) in [5.41, 5.74) is 1.52. The Morgan fingerprint density at radius 1 is 1.17 bits per heavy atom. The number of piperidine rings is 1. The van der Waals surface area contributed by atoms with E-state index in [1.165, 1.54) is 44.3 Å². The van der Waals surface area contributed by atoms with Gasteiger partial charge in [0.25, 0.3) is 0 Å². The molecule has 0 amide bonds. The molecule has 4 rings (SSSR count). The molecule has 0 spiro atoms. The summed E-state index contributed by atoms with van der Waals surface area (Å²) in [7, 11) is 0. The number of aromatic nitrogens is 1. The fourth-order valence-electron chi connectivity index (χ4n) is 3.54. The van der Waals surface area contributed by atoms with Gasteiger partial charge in [0.05, 0.1) is 0 Å². The molecule has 3 aliphatic heterocycles. The second kappa shape index (κ2) is 5.00. The van der Waals surface area contributed by atoms with Crippen molar-refractivity contribution in [2.75, 3.05) is 13.1 Å². The molecule has 2 nitrogen and oxygen atoms in total. The minimum absolute atomic E-state index is 0.557. The molecule has 3 fully saturated rings. The average Bonchev–Trinajstić information content (AvgIpc) is 2.72. The normalized spacial score (nSPS) is 31.6. The van der Waals surface area contributed by atoms with E-state index in [-0.39, 0.29) is 0 Å². The zero-order valence-electron chi connectivity index (χ0n) is 11.7. The minimum Gasteiger partial charge on any atom is -0.296 e. The molecule has 18 heavy (non-hydrogen) atoms. The zero-order chi connectivity index (χ0) is 12.5. The predicted molar refractivity (Wildman–Crippen MR) is 73.3 cm³/mol. The van der Waals surface area contributed by atoms with Crippen molar-refractivity contribution in [1.29, 1.82) is 0 Å². The maximum Gasteiger partial charge on any atom is 0.173 e. The SMILES string of the molecule is CC(C)[n+]1cccc(C2CCC3CCN2CC3)c1. The van der Waals surface area contributed by atoms with Crippen LogP contribution in [-0.2, 0) is 0 Å². The molecule has 3 aliphatic rings. The molecule has 1 unspecified atom stereocenters. The molecule has 1 atom stereocenters. The van der Waals surface area contributed by atoms with E-state index in [1.54, 1.807) is 0 Å². The van der Waals surface area contributed by atoms with Gasteiger partial charge in [0.2, 0.25) is 0 Å². The first-order chi connectivity index (χ1) is 8.74. The molecule has 3 saturated heterocycles. The van der Waals surface area contributed by atoms with Crippen molar-refractivity contribution in [2.24, 2.45) is 5.92 Å². The van der Waals surface area contributed by atoms with Gasteiger partial charge in [0.1, 0.15) is 0 Å². The van der Waals surface area contributed by atoms with Gasteiger partial charge in [-0.2, -0.15) is 0 Å². The average molecular weight is 245 g/mol. The summed E-state index contributed by atoms with van der Waals surface area (Å²) in [6, 6.07) is 5.77. The monoisotopic (exact) mass is 245 g/mol. The Balaban J connectivity index is 1.87. The van der Waals surface area contributed by atoms with E-state index in [2.05, 4.69) is 47.8 Å². The summed E-state index contributed by atoms with van der Waals surface area (Å²) in [4.78, 5) is 2.71. The summed E-state index contributed by atoms with van der Waals surface area (Å²) in [5.74, 6) is 1.01. The lowest BCUT2D eigenvalue weighted by molar-refractivity contribution is -0.716. The highest BCUT2D eigenvalue weighted by Gasteiger charge is 2.31. The summed E-state index contributed by atoms with van der Waals surface area (Å²) < 4.78 is 2.34. The maximum atomic E-state index is 2.71. The van der Waals surface area contributed by atoms with Gasteiger partial charge in [0.15, 0.2) is 18.4 Å². The number of fused-ring (bicyclic) bond motifs is 4. The van der Waals surface area contributed by atoms with Crippen molar-refractivity contribution in [2.45, 2.75) is 51.6 Å². The van der Waals surface area contributed by atoms with Gasteiger partial charge in [-0.25, -0.2) is 4.57 Å². The summed E-state index contributed by atoms with van der Waals surface area (Å²) in [5, 5.41) is 0. The first kappa shape index (κ1) is 12.2. The Kier molecular flexibility index (Phi) is 3.38. The quantitative estimate of drug-likeness (QED) is 0.726. The summed E-state index contributed by atoms with van der Waals surface area (Å²) in [6.45, 7) is 7.13. The second-order valence-electron chi connectivity index (χ2n) is 6.25. The van der Waals surface area contributed by atoms with Gasteiger partial charge < -0.3 is 0 Å². The van der Waals surface area contributed by atoms with E-state index in [1.807, 2.05) is 0 Å². The van der Waals surface area contributed by atoms with Crippen LogP contribution in [0.3, 0.4) is 0 Å². The largest absolute Gasteiger partial charge is 0.296 e. The van der Waals surface area contributed by atoms with Crippen molar-refractivity contribution in [3.8, 4) is 0 Å². The van der Waals surface area contributed by atoms with Crippen molar-refractivity contribution >= 4 is 0 Å². The summed E-state index contributed by atoms with van der Waals surface area (Å²) in [6.07, 6.45) is 10.2. The highest BCUT2D eigenvalue weighted by molar-refractivity contribution is 5.13. The van der Waals surface area contributed by atoms with Crippen LogP contribution in [0.4, 0.5) is 0 Å². The summed E-state index contributed by atoms with van der Waals surface area (Å²) >= 11 is 0. The van der Waals surface area contributed by atoms with Gasteiger partial charge in [-0.3, -0.25) is 4.90 Å². The lowest BCUT2D eigenvalue weighted by Crippen LogP contribution is -2.38. The van der Waals surface area contributed by atoms with Crippen molar-refractivity contribution < 1.29 is 4.57 Å². The third-order valence-electron chi connectivity index (χ3n) is 4.76. The lowest BCUT2D eigenvalue weighted by atomic mass is 9.95. The van der Waals surface area contributed by atoms with Crippen LogP contribution in [0.15, 0.2) is 24.5 Å². The van der Waals surface area contributed by atoms with Crippen LogP contribution in [0, 0.1) is 5.92 Å². The molecule has 2 heteroatoms. The van der Waals surface area contributed by atoms with Gasteiger partial charge in [0, 0.05) is 17.7 Å². The molecule has 0 aromatic carbocycles. The number of hydrogen-bond donors (Lipinski definition) is 0. The van der Waals surface area contributed by atoms with Crippen LogP contribution >= 0.6 is 0 Å². The number of pyridine rings is 1. The van der Waals surface area contributed by atoms with Gasteiger partial charge in [-0.1, -0.05) is 0 Å². The van der Waals surface area contributed by atoms with E-state index < -0.39 is 0 Å². The molecule has 1 aromatic rings. The standard InChI is InChI=1S/C16H25N2/c1-13(2)18-9-3-4-15(12-18)16-6-5-14-7-10-17(16)11-8-14/h3-4,9,12-14,16H,5-8,10-11H2,1-2H3/q+1. The number of hydrogen-bond acceptors (Lipinski definition) is 1. The lowest BCUT2D eigenvalue weighted by Gasteiger charge is -2.31. The van der Waals surface area contributed by atoms with E-state index in [4.69, 9.17) is 0 Å². The Hall–Kier alpha value is -0.890. The van der Waals surface area contributed by atoms with Crippen molar-refractivity contribution in [3.63, 3.8) is 0 Å². The van der Waals surface area contributed by atoms with Crippen LogP contribution < -0.4 is 4.57 Å². The number of rotatable bonds is 2. The Labute approximate surface area is 111 Å². The fraction of sp³-hybridized carbons (Fsp3) is 0.688. The molecule has 1 aromatic heterocycles. The third kappa shape index (κ3) is 2.31. The zero-order valence-corrected chi connectivity index (χ0v) is 11.7. The van der Waals surface area contributed by atoms with Crippen LogP contribution in [0.25, 0.3) is 0 Å². The van der Waals surface area contributed by atoms with Crippen LogP contribution in [-0.4, -0.2) is 18.0 Å². The molecule has 0 aliphatic carbocycles. The van der Waals surface area contributed by atoms with E-state index >= 15 is 0 Å². The maximum absolute atomic E-state index is 2.71. The van der Waals surface area contributed by atoms with Crippen LogP contribution in [0.1, 0.15) is 57.2 Å². The molecule has 2 bridgehead atoms. The van der Waals surface area contributed by atoms with Crippen molar-refractivity contribution in [3.05, 3.63) is 30.1 Å². The Bertz CT molecular complexity index is 405. The molecule has 0 N–H and O–H groups in total. The molecule has 0 saturated carbocycles. The van der Waals surface area contributed by atoms with Gasteiger partial charge in [-0.15, -0.1) is 0 Å². The topological polar surface area (TPSA) is 7.12 Å². The molecular formula is C16H25N2+. The fourth-order valence-corrected chi connectivity index (χ4v) is 3.54. The Morgan fingerprint density at radius 2 is 1.94 bits per heavy atom. The molecular weight excluding hydrogens is 220 g/mol. The van der Waals surface area contributed by atoms with E-state index in [0.29, 0.717) is 12.1 Å². The minimum atomic E-state index is 0.557. The Morgan fingerprint density at radius 3 is 2.67 bits per heavy atom. The van der Waals surface area contributed by atoms with Crippen LogP contribution in [0.5, 0.6) is 0 Å². The second-order valence-corrected chi connectivity index (χ2v) is 6.25. The van der Waals surface area contributed by atoms with Gasteiger partial charge in [-0.05, 0) is 64.6 Å². The third-order valence-corrected chi connectivity index (χ3v) is 4.76. The first-order valence-electron chi connectivity index (χ1n) is 7.49. The molecule has 4 heterocycles. The first-order valence-corrected chi connectivity index (χ1v) is 7.49. The highest BCUT2D eigenvalue weighted by atomic mass is 15.2. The van der Waals surface area contributed by atoms with Crippen molar-refractivity contribution in [1.82, 2.24) is 4.90 Å². The smallest absolute Gasteiger partial charge is 0.173 e. The molecule has 98 valence electrons. The van der Waals surface area contributed by atoms with Crippen LogP contribution in [0.2, 0.25) is 0 Å². The number of nitrogens with zero attached hydrogens (tertiary/aromatic N) is 2. The highest BCUT2D eigenvalue weighted by Crippen LogP contribution is 2.37. The molecule has 0 radical (unpaired) electrons. The van der Waals surface area contributed by atoms with E-state index in [0.717, 1.165) is 5.92 Å². The van der Waals surface area contributed by atoms with Gasteiger partial charge >= 0.3 is 0 Å².